The summed E-state index contributed by atoms with van der Waals surface area (Å²) in [6, 6.07) is 6.34. The lowest BCUT2D eigenvalue weighted by Gasteiger charge is -2.12. The third kappa shape index (κ3) is 2.21. The van der Waals surface area contributed by atoms with E-state index in [1.165, 1.54) is 12.1 Å². The number of nitrogens with zero attached hydrogens (tertiary/aromatic N) is 3. The van der Waals surface area contributed by atoms with Crippen LogP contribution in [0.4, 0.5) is 0 Å². The predicted molar refractivity (Wildman–Crippen MR) is 79.7 cm³/mol. The lowest BCUT2D eigenvalue weighted by molar-refractivity contribution is -0.0585. The fraction of sp³-hybridized carbons (Fsp3) is 0.250. The normalized spacial score (nSPS) is 13.4. The number of hydrogen-bond acceptors (Lipinski definition) is 5. The van der Waals surface area contributed by atoms with E-state index in [4.69, 9.17) is 4.84 Å². The van der Waals surface area contributed by atoms with Gasteiger partial charge in [-0.15, -0.1) is 0 Å². The molecule has 0 spiro atoms. The van der Waals surface area contributed by atoms with Gasteiger partial charge in [-0.25, -0.2) is 4.79 Å². The van der Waals surface area contributed by atoms with Gasteiger partial charge in [-0.2, -0.15) is 5.10 Å². The Balaban J connectivity index is 1.89. The van der Waals surface area contributed by atoms with Gasteiger partial charge in [0.15, 0.2) is 0 Å². The van der Waals surface area contributed by atoms with Crippen LogP contribution in [0, 0.1) is 13.8 Å². The smallest absolute Gasteiger partial charge is 0.324 e. The molecular weight excluding hydrogens is 298 g/mol. The highest BCUT2D eigenvalue weighted by Crippen LogP contribution is 2.24. The Morgan fingerprint density at radius 3 is 2.17 bits per heavy atom. The maximum Gasteiger partial charge on any atom is 0.367 e. The van der Waals surface area contributed by atoms with E-state index in [-0.39, 0.29) is 16.7 Å². The molecule has 0 atom stereocenters. The van der Waals surface area contributed by atoms with Crippen molar-refractivity contribution in [3.8, 4) is 0 Å². The van der Waals surface area contributed by atoms with E-state index < -0.39 is 17.8 Å². The Kier molecular flexibility index (Phi) is 3.48. The first-order valence-electron chi connectivity index (χ1n) is 7.19. The van der Waals surface area contributed by atoms with Gasteiger partial charge in [0.1, 0.15) is 5.56 Å². The minimum atomic E-state index is -0.769. The van der Waals surface area contributed by atoms with Gasteiger partial charge in [0, 0.05) is 6.54 Å². The summed E-state index contributed by atoms with van der Waals surface area (Å²) in [4.78, 5) is 41.9. The number of fused-ring (bicyclic) bond motifs is 1. The van der Waals surface area contributed by atoms with Crippen molar-refractivity contribution in [3.63, 3.8) is 0 Å². The molecule has 0 aliphatic carbocycles. The molecule has 3 rings (SSSR count). The lowest BCUT2D eigenvalue weighted by Crippen LogP contribution is -2.33. The Hall–Kier alpha value is -2.96. The van der Waals surface area contributed by atoms with E-state index in [1.807, 2.05) is 6.92 Å². The van der Waals surface area contributed by atoms with Crippen molar-refractivity contribution in [2.45, 2.75) is 27.3 Å². The number of imide groups is 1. The van der Waals surface area contributed by atoms with Crippen LogP contribution in [0.5, 0.6) is 0 Å². The predicted octanol–water partition coefficient (Wildman–Crippen LogP) is 1.89. The standard InChI is InChI=1S/C16H15N3O4/c1-4-18-10(3)13(9(2)17-18)16(22)23-19-14(20)11-7-5-6-8-12(11)15(19)21/h5-8H,4H2,1-3H3. The molecule has 1 aliphatic heterocycles. The quantitative estimate of drug-likeness (QED) is 0.808. The third-order valence-corrected chi connectivity index (χ3v) is 3.82. The number of hydroxylamine groups is 2. The molecule has 2 aromatic rings. The van der Waals surface area contributed by atoms with Crippen LogP contribution in [-0.2, 0) is 11.4 Å². The maximum atomic E-state index is 12.4. The van der Waals surface area contributed by atoms with Crippen LogP contribution in [0.15, 0.2) is 24.3 Å². The van der Waals surface area contributed by atoms with Crippen LogP contribution in [0.1, 0.15) is 49.4 Å². The SMILES string of the molecule is CCn1nc(C)c(C(=O)ON2C(=O)c3ccccc3C2=O)c1C. The minimum absolute atomic E-state index is 0.225. The molecule has 1 aliphatic rings. The number of carbonyl (C=O) groups excluding carboxylic acids is 3. The summed E-state index contributed by atoms with van der Waals surface area (Å²) in [6.07, 6.45) is 0. The molecule has 1 aromatic heterocycles. The lowest BCUT2D eigenvalue weighted by atomic mass is 10.1. The zero-order valence-corrected chi connectivity index (χ0v) is 13.0. The Bertz CT molecular complexity index is 803. The molecule has 0 fully saturated rings. The topological polar surface area (TPSA) is 81.5 Å². The highest BCUT2D eigenvalue weighted by atomic mass is 16.7. The number of hydrogen-bond donors (Lipinski definition) is 0. The summed E-state index contributed by atoms with van der Waals surface area (Å²) in [5, 5.41) is 4.74. The number of amides is 2. The van der Waals surface area contributed by atoms with E-state index in [2.05, 4.69) is 5.10 Å². The van der Waals surface area contributed by atoms with E-state index in [0.717, 1.165) is 0 Å². The summed E-state index contributed by atoms with van der Waals surface area (Å²) in [5.74, 6) is -2.05. The van der Waals surface area contributed by atoms with Crippen LogP contribution in [-0.4, -0.2) is 32.6 Å². The van der Waals surface area contributed by atoms with Gasteiger partial charge in [0.2, 0.25) is 0 Å². The molecule has 0 saturated heterocycles. The van der Waals surface area contributed by atoms with Crippen molar-refractivity contribution in [1.29, 1.82) is 0 Å². The average molecular weight is 313 g/mol. The molecule has 0 N–H and O–H groups in total. The van der Waals surface area contributed by atoms with E-state index in [0.29, 0.717) is 23.0 Å². The molecule has 7 nitrogen and oxygen atoms in total. The van der Waals surface area contributed by atoms with E-state index in [9.17, 15) is 14.4 Å². The highest BCUT2D eigenvalue weighted by molar-refractivity contribution is 6.21. The Morgan fingerprint density at radius 1 is 1.13 bits per heavy atom. The van der Waals surface area contributed by atoms with Gasteiger partial charge in [-0.3, -0.25) is 14.3 Å². The van der Waals surface area contributed by atoms with Gasteiger partial charge in [0.05, 0.1) is 22.5 Å². The molecule has 0 unspecified atom stereocenters. The largest absolute Gasteiger partial charge is 0.367 e. The maximum absolute atomic E-state index is 12.4. The van der Waals surface area contributed by atoms with Gasteiger partial charge >= 0.3 is 5.97 Å². The Morgan fingerprint density at radius 2 is 1.70 bits per heavy atom. The Labute approximate surface area is 132 Å². The molecule has 2 heterocycles. The molecule has 7 heteroatoms. The molecule has 1 aromatic carbocycles. The average Bonchev–Trinajstić information content (AvgIpc) is 2.96. The van der Waals surface area contributed by atoms with Crippen molar-refractivity contribution in [2.24, 2.45) is 0 Å². The molecule has 0 saturated carbocycles. The fourth-order valence-electron chi connectivity index (χ4n) is 2.68. The zero-order chi connectivity index (χ0) is 16.7. The minimum Gasteiger partial charge on any atom is -0.324 e. The number of aryl methyl sites for hydroxylation is 2. The molecule has 0 bridgehead atoms. The number of carbonyl (C=O) groups is 3. The number of rotatable bonds is 3. The number of benzene rings is 1. The van der Waals surface area contributed by atoms with Gasteiger partial charge < -0.3 is 4.84 Å². The summed E-state index contributed by atoms with van der Waals surface area (Å²) >= 11 is 0. The van der Waals surface area contributed by atoms with Crippen LogP contribution < -0.4 is 0 Å². The molecule has 118 valence electrons. The molecular formula is C16H15N3O4. The third-order valence-electron chi connectivity index (χ3n) is 3.82. The summed E-state index contributed by atoms with van der Waals surface area (Å²) < 4.78 is 1.66. The monoisotopic (exact) mass is 313 g/mol. The number of aromatic nitrogens is 2. The summed E-state index contributed by atoms with van der Waals surface area (Å²) in [7, 11) is 0. The van der Waals surface area contributed by atoms with Crippen LogP contribution in [0.25, 0.3) is 0 Å². The fourth-order valence-corrected chi connectivity index (χ4v) is 2.68. The first kappa shape index (κ1) is 15.0. The first-order chi connectivity index (χ1) is 11.0. The van der Waals surface area contributed by atoms with E-state index in [1.54, 1.807) is 30.7 Å². The van der Waals surface area contributed by atoms with Crippen molar-refractivity contribution in [1.82, 2.24) is 14.8 Å². The van der Waals surface area contributed by atoms with Gasteiger partial charge in [0.25, 0.3) is 11.8 Å². The second-order valence-electron chi connectivity index (χ2n) is 5.19. The van der Waals surface area contributed by atoms with Crippen LogP contribution >= 0.6 is 0 Å². The summed E-state index contributed by atoms with van der Waals surface area (Å²) in [6.45, 7) is 5.92. The zero-order valence-electron chi connectivity index (χ0n) is 13.0. The van der Waals surface area contributed by atoms with Crippen LogP contribution in [0.2, 0.25) is 0 Å². The highest BCUT2D eigenvalue weighted by Gasteiger charge is 2.39. The first-order valence-corrected chi connectivity index (χ1v) is 7.19. The van der Waals surface area contributed by atoms with Crippen molar-refractivity contribution < 1.29 is 19.2 Å². The second kappa shape index (κ2) is 5.35. The molecule has 2 amide bonds. The molecule has 0 radical (unpaired) electrons. The second-order valence-corrected chi connectivity index (χ2v) is 5.19. The van der Waals surface area contributed by atoms with Crippen molar-refractivity contribution >= 4 is 17.8 Å². The van der Waals surface area contributed by atoms with Crippen LogP contribution in [0.3, 0.4) is 0 Å². The summed E-state index contributed by atoms with van der Waals surface area (Å²) in [5.41, 5.74) is 1.84. The van der Waals surface area contributed by atoms with Gasteiger partial charge in [-0.1, -0.05) is 17.2 Å². The van der Waals surface area contributed by atoms with E-state index >= 15 is 0 Å². The van der Waals surface area contributed by atoms with Crippen molar-refractivity contribution in [3.05, 3.63) is 52.3 Å². The molecule has 23 heavy (non-hydrogen) atoms. The van der Waals surface area contributed by atoms with Gasteiger partial charge in [-0.05, 0) is 32.9 Å². The van der Waals surface area contributed by atoms with Crippen molar-refractivity contribution in [2.75, 3.05) is 0 Å².